The monoisotopic (exact) mass is 206 g/mol. The summed E-state index contributed by atoms with van der Waals surface area (Å²) < 4.78 is 15.9. The third-order valence-corrected chi connectivity index (χ3v) is 4.57. The van der Waals surface area contributed by atoms with Gasteiger partial charge in [-0.25, -0.2) is 4.21 Å². The molecule has 4 heteroatoms. The van der Waals surface area contributed by atoms with E-state index in [4.69, 9.17) is 5.26 Å². The summed E-state index contributed by atoms with van der Waals surface area (Å²) >= 11 is 0. The molecule has 0 N–H and O–H groups in total. The van der Waals surface area contributed by atoms with Gasteiger partial charge in [0.1, 0.15) is 0 Å². The van der Waals surface area contributed by atoms with Crippen LogP contribution in [0.4, 0.5) is 5.69 Å². The van der Waals surface area contributed by atoms with Crippen molar-refractivity contribution in [1.29, 1.82) is 5.26 Å². The molecule has 0 aromatic heterocycles. The van der Waals surface area contributed by atoms with Crippen LogP contribution >= 0.6 is 0 Å². The quantitative estimate of drug-likeness (QED) is 0.706. The molecule has 1 aliphatic heterocycles. The normalized spacial score (nSPS) is 17.9. The lowest BCUT2D eigenvalue weighted by Crippen LogP contribution is -2.22. The van der Waals surface area contributed by atoms with Crippen molar-refractivity contribution >= 4 is 15.4 Å². The summed E-state index contributed by atoms with van der Waals surface area (Å²) in [5, 5.41) is 8.67. The highest BCUT2D eigenvalue weighted by molar-refractivity contribution is 7.95. The van der Waals surface area contributed by atoms with Crippen molar-refractivity contribution < 1.29 is 4.21 Å². The van der Waals surface area contributed by atoms with E-state index in [2.05, 4.69) is 4.36 Å². The van der Waals surface area contributed by atoms with Gasteiger partial charge >= 0.3 is 0 Å². The Balaban J connectivity index is 2.39. The zero-order valence-corrected chi connectivity index (χ0v) is 8.46. The minimum atomic E-state index is -1.95. The van der Waals surface area contributed by atoms with E-state index in [9.17, 15) is 4.21 Å². The van der Waals surface area contributed by atoms with Crippen molar-refractivity contribution in [3.63, 3.8) is 0 Å². The van der Waals surface area contributed by atoms with Crippen molar-refractivity contribution in [2.24, 2.45) is 4.36 Å². The highest BCUT2D eigenvalue weighted by Gasteiger charge is 2.18. The van der Waals surface area contributed by atoms with Gasteiger partial charge in [-0.1, -0.05) is 6.07 Å². The third kappa shape index (κ3) is 1.78. The number of benzene rings is 1. The maximum Gasteiger partial charge on any atom is 0.0992 e. The fourth-order valence-electron chi connectivity index (χ4n) is 1.31. The molecular formula is C10H10N2OS. The summed E-state index contributed by atoms with van der Waals surface area (Å²) in [7, 11) is -1.95. The fourth-order valence-corrected chi connectivity index (χ4v) is 2.77. The van der Waals surface area contributed by atoms with Gasteiger partial charge in [-0.15, -0.1) is 0 Å². The molecule has 14 heavy (non-hydrogen) atoms. The lowest BCUT2D eigenvalue weighted by atomic mass is 10.2. The van der Waals surface area contributed by atoms with Gasteiger partial charge in [0, 0.05) is 11.5 Å². The van der Waals surface area contributed by atoms with E-state index in [1.54, 1.807) is 24.3 Å². The van der Waals surface area contributed by atoms with Gasteiger partial charge in [0.25, 0.3) is 0 Å². The van der Waals surface area contributed by atoms with Crippen molar-refractivity contribution in [3.05, 3.63) is 29.8 Å². The lowest BCUT2D eigenvalue weighted by molar-refractivity contribution is 0.663. The molecule has 0 aliphatic carbocycles. The van der Waals surface area contributed by atoms with Crippen LogP contribution in [0.5, 0.6) is 0 Å². The number of hydrogen-bond acceptors (Lipinski definition) is 3. The van der Waals surface area contributed by atoms with E-state index < -0.39 is 9.73 Å². The van der Waals surface area contributed by atoms with Crippen LogP contribution in [0, 0.1) is 11.3 Å². The molecule has 0 spiro atoms. The van der Waals surface area contributed by atoms with E-state index in [-0.39, 0.29) is 0 Å². The van der Waals surface area contributed by atoms with Crippen LogP contribution in [0.15, 0.2) is 28.6 Å². The largest absolute Gasteiger partial charge is 0.249 e. The highest BCUT2D eigenvalue weighted by atomic mass is 32.2. The molecule has 1 fully saturated rings. The van der Waals surface area contributed by atoms with E-state index in [0.29, 0.717) is 22.8 Å². The van der Waals surface area contributed by atoms with Crippen LogP contribution in [0.3, 0.4) is 0 Å². The summed E-state index contributed by atoms with van der Waals surface area (Å²) in [6.45, 7) is 0. The van der Waals surface area contributed by atoms with Crippen molar-refractivity contribution in [2.45, 2.75) is 6.42 Å². The Labute approximate surface area is 83.6 Å². The molecule has 0 bridgehead atoms. The molecule has 0 unspecified atom stereocenters. The summed E-state index contributed by atoms with van der Waals surface area (Å²) in [6, 6.07) is 8.97. The second kappa shape index (κ2) is 3.43. The molecule has 1 saturated heterocycles. The molecular weight excluding hydrogens is 196 g/mol. The zero-order valence-electron chi connectivity index (χ0n) is 7.64. The number of rotatable bonds is 1. The highest BCUT2D eigenvalue weighted by Crippen LogP contribution is 2.21. The molecule has 1 aliphatic rings. The first-order valence-corrected chi connectivity index (χ1v) is 6.30. The van der Waals surface area contributed by atoms with E-state index in [1.807, 2.05) is 6.07 Å². The lowest BCUT2D eigenvalue weighted by Gasteiger charge is -2.17. The molecule has 0 atom stereocenters. The van der Waals surface area contributed by atoms with Crippen LogP contribution < -0.4 is 0 Å². The van der Waals surface area contributed by atoms with Crippen LogP contribution in [0.2, 0.25) is 0 Å². The van der Waals surface area contributed by atoms with Gasteiger partial charge in [-0.3, -0.25) is 0 Å². The molecule has 1 heterocycles. The maximum atomic E-state index is 11.8. The Kier molecular flexibility index (Phi) is 2.26. The molecule has 1 aromatic carbocycles. The van der Waals surface area contributed by atoms with Gasteiger partial charge < -0.3 is 0 Å². The first kappa shape index (κ1) is 9.22. The predicted molar refractivity (Wildman–Crippen MR) is 55.7 cm³/mol. The van der Waals surface area contributed by atoms with Crippen LogP contribution in [0.25, 0.3) is 0 Å². The second-order valence-electron chi connectivity index (χ2n) is 3.29. The summed E-state index contributed by atoms with van der Waals surface area (Å²) in [4.78, 5) is 0. The van der Waals surface area contributed by atoms with Crippen LogP contribution in [-0.2, 0) is 9.73 Å². The van der Waals surface area contributed by atoms with Gasteiger partial charge in [0.2, 0.25) is 0 Å². The zero-order chi connectivity index (χ0) is 10.0. The molecule has 3 nitrogen and oxygen atoms in total. The summed E-state index contributed by atoms with van der Waals surface area (Å²) in [6.07, 6.45) is 1.00. The van der Waals surface area contributed by atoms with E-state index in [0.717, 1.165) is 6.42 Å². The number of hydrogen-bond donors (Lipinski definition) is 0. The van der Waals surface area contributed by atoms with Gasteiger partial charge in [-0.2, -0.15) is 9.62 Å². The summed E-state index contributed by atoms with van der Waals surface area (Å²) in [5.41, 5.74) is 1.22. The molecule has 0 saturated carbocycles. The number of nitriles is 1. The molecule has 0 radical (unpaired) electrons. The average molecular weight is 206 g/mol. The maximum absolute atomic E-state index is 11.8. The molecule has 0 amide bonds. The van der Waals surface area contributed by atoms with Crippen LogP contribution in [-0.4, -0.2) is 15.7 Å². The third-order valence-electron chi connectivity index (χ3n) is 2.17. The average Bonchev–Trinajstić information content (AvgIpc) is 2.16. The Morgan fingerprint density at radius 3 is 2.79 bits per heavy atom. The van der Waals surface area contributed by atoms with E-state index >= 15 is 0 Å². The van der Waals surface area contributed by atoms with Gasteiger partial charge in [0.05, 0.1) is 27.0 Å². The topological polar surface area (TPSA) is 53.2 Å². The minimum Gasteiger partial charge on any atom is -0.249 e. The van der Waals surface area contributed by atoms with E-state index in [1.165, 1.54) is 0 Å². The standard InChI is InChI=1S/C10H10N2OS/c11-8-9-3-1-4-10(7-9)12-14(13)5-2-6-14/h1,3-4,7H,2,5-6H2. The van der Waals surface area contributed by atoms with Crippen molar-refractivity contribution in [3.8, 4) is 6.07 Å². The Morgan fingerprint density at radius 1 is 1.43 bits per heavy atom. The minimum absolute atomic E-state index is 0.563. The Bertz CT molecular complexity index is 497. The molecule has 72 valence electrons. The molecule has 2 rings (SSSR count). The molecule has 1 aromatic rings. The van der Waals surface area contributed by atoms with Gasteiger partial charge in [-0.05, 0) is 24.6 Å². The predicted octanol–water partition coefficient (Wildman–Crippen LogP) is 2.06. The first-order valence-electron chi connectivity index (χ1n) is 4.45. The Morgan fingerprint density at radius 2 is 2.21 bits per heavy atom. The summed E-state index contributed by atoms with van der Waals surface area (Å²) in [5.74, 6) is 1.40. The van der Waals surface area contributed by atoms with Crippen LogP contribution in [0.1, 0.15) is 12.0 Å². The number of nitrogens with zero attached hydrogens (tertiary/aromatic N) is 2. The smallest absolute Gasteiger partial charge is 0.0992 e. The van der Waals surface area contributed by atoms with Crippen molar-refractivity contribution in [2.75, 3.05) is 11.5 Å². The Hall–Kier alpha value is -1.34. The first-order chi connectivity index (χ1) is 6.72. The second-order valence-corrected chi connectivity index (χ2v) is 5.83. The van der Waals surface area contributed by atoms with Gasteiger partial charge in [0.15, 0.2) is 0 Å². The SMILES string of the molecule is N#Cc1cccc(N=S2(=O)CCC2)c1. The fraction of sp³-hybridized carbons (Fsp3) is 0.300. The van der Waals surface area contributed by atoms with Crippen molar-refractivity contribution in [1.82, 2.24) is 0 Å².